The van der Waals surface area contributed by atoms with Crippen molar-refractivity contribution in [2.75, 3.05) is 138 Å². The number of Topliss-reactive ketones (excluding diaryl/α,β-unsaturated/α-hetero) is 1. The molecule has 0 aliphatic carbocycles. The van der Waals surface area contributed by atoms with Crippen LogP contribution in [0.4, 0.5) is 19.2 Å². The zero-order valence-corrected chi connectivity index (χ0v) is 46.4. The van der Waals surface area contributed by atoms with Gasteiger partial charge in [-0.05, 0) is 83.5 Å². The maximum atomic E-state index is 12.3. The van der Waals surface area contributed by atoms with Gasteiger partial charge >= 0.3 is 40.1 Å². The summed E-state index contributed by atoms with van der Waals surface area (Å²) in [5.74, 6) is -0.434. The van der Waals surface area contributed by atoms with Crippen LogP contribution in [-0.2, 0) is 79.5 Å². The second-order valence-electron chi connectivity index (χ2n) is 16.7. The largest absolute Gasteiger partial charge is 0.505 e. The van der Waals surface area contributed by atoms with Crippen molar-refractivity contribution in [3.05, 3.63) is 0 Å². The number of rotatable bonds is 53. The summed E-state index contributed by atoms with van der Waals surface area (Å²) in [6.45, 7) is 6.40. The molecule has 0 bridgehead atoms. The van der Waals surface area contributed by atoms with Gasteiger partial charge in [0, 0.05) is 52.0 Å². The summed E-state index contributed by atoms with van der Waals surface area (Å²) in [5, 5.41) is 19.1. The Morgan fingerprint density at radius 2 is 0.779 bits per heavy atom. The van der Waals surface area contributed by atoms with Crippen LogP contribution >= 0.6 is 15.6 Å². The first-order valence-corrected chi connectivity index (χ1v) is 28.8. The average Bonchev–Trinajstić information content (AvgIpc) is 3.37. The highest BCUT2D eigenvalue weighted by atomic mass is 31.2. The maximum Gasteiger partial charge on any atom is 0.505 e. The normalized spacial score (nSPS) is 13.0. The molecule has 3 atom stereocenters. The highest BCUT2D eigenvalue weighted by Gasteiger charge is 2.21. The van der Waals surface area contributed by atoms with Crippen LogP contribution in [0.3, 0.4) is 0 Å². The number of phosphoric acid groups is 2. The molecule has 0 heterocycles. The molecule has 0 radical (unpaired) electrons. The zero-order valence-electron chi connectivity index (χ0n) is 44.6. The lowest BCUT2D eigenvalue weighted by atomic mass is 10.1. The van der Waals surface area contributed by atoms with E-state index >= 15 is 0 Å². The smallest absolute Gasteiger partial charge is 0.450 e. The van der Waals surface area contributed by atoms with Crippen molar-refractivity contribution in [2.45, 2.75) is 104 Å². The molecule has 450 valence electrons. The highest BCUT2D eigenvalue weighted by molar-refractivity contribution is 7.47. The first-order chi connectivity index (χ1) is 36.9. The van der Waals surface area contributed by atoms with Crippen molar-refractivity contribution >= 4 is 57.7 Å². The fourth-order valence-electron chi connectivity index (χ4n) is 5.69. The van der Waals surface area contributed by atoms with Crippen LogP contribution < -0.4 is 32.1 Å². The summed E-state index contributed by atoms with van der Waals surface area (Å²) in [7, 11) is -8.54. The van der Waals surface area contributed by atoms with Crippen molar-refractivity contribution in [1.82, 2.24) is 32.1 Å². The number of ketones is 1. The van der Waals surface area contributed by atoms with E-state index in [0.29, 0.717) is 110 Å². The number of carbonyl (C=O) groups is 7. The topological polar surface area (TPSA) is 397 Å². The van der Waals surface area contributed by atoms with Crippen molar-refractivity contribution in [3.8, 4) is 0 Å². The molecule has 77 heavy (non-hydrogen) atoms. The van der Waals surface area contributed by atoms with E-state index < -0.39 is 40.1 Å². The highest BCUT2D eigenvalue weighted by Crippen LogP contribution is 2.44. The van der Waals surface area contributed by atoms with Gasteiger partial charge in [-0.25, -0.2) is 33.7 Å². The van der Waals surface area contributed by atoms with Crippen LogP contribution in [0.2, 0.25) is 0 Å². The van der Waals surface area contributed by atoms with Gasteiger partial charge in [0.05, 0.1) is 79.3 Å². The second kappa shape index (κ2) is 50.0. The van der Waals surface area contributed by atoms with Gasteiger partial charge in [-0.3, -0.25) is 33.1 Å². The van der Waals surface area contributed by atoms with E-state index in [-0.39, 0.29) is 142 Å². The summed E-state index contributed by atoms with van der Waals surface area (Å²) in [6.07, 6.45) is 2.80. The second-order valence-corrected chi connectivity index (χ2v) is 19.6. The average molecular weight is 1160 g/mol. The molecule has 0 aromatic rings. The maximum absolute atomic E-state index is 12.3. The molecule has 0 aliphatic rings. The van der Waals surface area contributed by atoms with Gasteiger partial charge in [-0.15, -0.1) is 0 Å². The molecule has 30 nitrogen and oxygen atoms in total. The van der Waals surface area contributed by atoms with Crippen molar-refractivity contribution in [3.63, 3.8) is 0 Å². The number of carbonyl (C=O) groups excluding carboxylic acids is 6. The Morgan fingerprint density at radius 3 is 1.17 bits per heavy atom. The third kappa shape index (κ3) is 54.8. The van der Waals surface area contributed by atoms with Crippen LogP contribution in [0.25, 0.3) is 0 Å². The van der Waals surface area contributed by atoms with Crippen molar-refractivity contribution in [2.24, 2.45) is 5.92 Å². The van der Waals surface area contributed by atoms with E-state index in [4.69, 9.17) is 56.4 Å². The summed E-state index contributed by atoms with van der Waals surface area (Å²) >= 11 is 0. The minimum atomic E-state index is -4.27. The Kier molecular flexibility index (Phi) is 47.2. The fraction of sp³-hybridized carbons (Fsp3) is 0.844. The molecule has 0 aliphatic heterocycles. The quantitative estimate of drug-likeness (QED) is 0.0138. The molecule has 0 aromatic carbocycles. The summed E-state index contributed by atoms with van der Waals surface area (Å²) in [4.78, 5) is 100. The third-order valence-electron chi connectivity index (χ3n) is 9.69. The van der Waals surface area contributed by atoms with Gasteiger partial charge in [-0.2, -0.15) is 0 Å². The number of hydrogen-bond donors (Lipinski definition) is 9. The standard InChI is InChI=1S/C45H86N6O24P2/c1-38(37-49-41(54)16-6-12-23-75-77(62,63)73-21-10-4-8-18-47-43(56)69-33-29-65-26-27-67-31-35-71-45(58)59)36-48-40(53)15-5-11-22-74-76(60,61)72-20-9-3-7-17-46-42(55)68-32-28-64-24-25-66-30-34-70-44(57)51-50-19-13-14-39(2)52/h38,50H,3-37H2,1-2H3,(H,46,55)(H,47,56)(H,48,53)(H,49,54)(H,51,57)(H,58,59)(H,60,61)(H,62,63). The Bertz CT molecular complexity index is 1690. The number of amides is 5. The summed E-state index contributed by atoms with van der Waals surface area (Å²) < 4.78 is 84.3. The molecule has 0 rings (SSSR count). The van der Waals surface area contributed by atoms with Gasteiger partial charge in [0.25, 0.3) is 0 Å². The Labute approximate surface area is 450 Å². The van der Waals surface area contributed by atoms with E-state index in [1.807, 2.05) is 6.92 Å². The molecule has 0 saturated carbocycles. The minimum absolute atomic E-state index is 0.0281. The molecule has 3 unspecified atom stereocenters. The molecule has 0 saturated heterocycles. The lowest BCUT2D eigenvalue weighted by molar-refractivity contribution is -0.121. The van der Waals surface area contributed by atoms with Gasteiger partial charge in [-0.1, -0.05) is 6.92 Å². The SMILES string of the molecule is CC(=O)CCCNNC(=O)OCCOCCOCCOC(=O)NCCCCCOP(=O)(O)OCCCCC(=O)NCC(C)CNC(=O)CCCCOP(=O)(O)OCCCCCNC(=O)OCCOCCOCCOC(=O)O. The Balaban J connectivity index is 3.68. The molecule has 0 spiro atoms. The lowest BCUT2D eigenvalue weighted by Crippen LogP contribution is -2.38. The molecular formula is C45H86N6O24P2. The van der Waals surface area contributed by atoms with E-state index in [0.717, 1.165) is 0 Å². The number of unbranched alkanes of at least 4 members (excludes halogenated alkanes) is 6. The van der Waals surface area contributed by atoms with Gasteiger partial charge in [0.2, 0.25) is 11.8 Å². The van der Waals surface area contributed by atoms with Crippen LogP contribution in [0.1, 0.15) is 104 Å². The van der Waals surface area contributed by atoms with E-state index in [1.54, 1.807) is 0 Å². The molecule has 5 amide bonds. The lowest BCUT2D eigenvalue weighted by Gasteiger charge is -2.14. The molecule has 32 heteroatoms. The molecule has 9 N–H and O–H groups in total. The predicted octanol–water partition coefficient (Wildman–Crippen LogP) is 3.62. The third-order valence-corrected chi connectivity index (χ3v) is 11.7. The van der Waals surface area contributed by atoms with Gasteiger partial charge in [0.1, 0.15) is 32.2 Å². The van der Waals surface area contributed by atoms with E-state index in [2.05, 4.69) is 36.9 Å². The minimum Gasteiger partial charge on any atom is -0.450 e. The number of carboxylic acid groups (broad SMARTS) is 1. The molecular weight excluding hydrogens is 1070 g/mol. The van der Waals surface area contributed by atoms with E-state index in [1.165, 1.54) is 6.92 Å². The van der Waals surface area contributed by atoms with Crippen molar-refractivity contribution in [1.29, 1.82) is 0 Å². The number of phosphoric ester groups is 2. The summed E-state index contributed by atoms with van der Waals surface area (Å²) in [5.41, 5.74) is 5.00. The number of ether oxygens (including phenoxy) is 8. The zero-order chi connectivity index (χ0) is 57.1. The number of hydrogen-bond acceptors (Lipinski definition) is 22. The first-order valence-electron chi connectivity index (χ1n) is 25.8. The van der Waals surface area contributed by atoms with Gasteiger partial charge < -0.3 is 78.8 Å². The molecule has 0 aromatic heterocycles. The van der Waals surface area contributed by atoms with Crippen LogP contribution in [0.15, 0.2) is 0 Å². The molecule has 0 fully saturated rings. The Morgan fingerprint density at radius 1 is 0.416 bits per heavy atom. The van der Waals surface area contributed by atoms with Gasteiger partial charge in [0.15, 0.2) is 0 Å². The van der Waals surface area contributed by atoms with E-state index in [9.17, 15) is 52.5 Å². The van der Waals surface area contributed by atoms with Crippen LogP contribution in [-0.4, -0.2) is 195 Å². The van der Waals surface area contributed by atoms with Crippen LogP contribution in [0.5, 0.6) is 0 Å². The monoisotopic (exact) mass is 1160 g/mol. The Hall–Kier alpha value is -4.29. The fourth-order valence-corrected chi connectivity index (χ4v) is 7.28. The number of nitrogens with one attached hydrogen (secondary N) is 6. The number of alkyl carbamates (subject to hydrolysis) is 2. The predicted molar refractivity (Wildman–Crippen MR) is 272 cm³/mol. The van der Waals surface area contributed by atoms with Crippen molar-refractivity contribution < 1.29 is 114 Å². The number of hydrazine groups is 1. The van der Waals surface area contributed by atoms with Crippen LogP contribution in [0, 0.1) is 5.92 Å². The first kappa shape index (κ1) is 72.7. The summed E-state index contributed by atoms with van der Waals surface area (Å²) in [6, 6.07) is 0.